The number of halogens is 5. The lowest BCUT2D eigenvalue weighted by molar-refractivity contribution is -0.0771. The molecule has 0 fully saturated rings. The number of alkyl halides is 2. The average molecular weight is 335 g/mol. The standard InChI is InChI=1S/C10H8Cl3F2NO3/c1-16(18-2)9(17)6-7(13)4(11)3-5(12)8(6)19-10(14)15/h3,10H,1-2H3. The Balaban J connectivity index is 3.44. The van der Waals surface area contributed by atoms with Crippen LogP contribution in [0.5, 0.6) is 5.75 Å². The Labute approximate surface area is 122 Å². The second-order valence-corrected chi connectivity index (χ2v) is 4.41. The molecule has 0 aliphatic carbocycles. The van der Waals surface area contributed by atoms with E-state index in [9.17, 15) is 13.6 Å². The average Bonchev–Trinajstić information content (AvgIpc) is 2.34. The molecule has 19 heavy (non-hydrogen) atoms. The van der Waals surface area contributed by atoms with Crippen LogP contribution in [0.25, 0.3) is 0 Å². The van der Waals surface area contributed by atoms with Crippen LogP contribution < -0.4 is 4.74 Å². The molecule has 1 amide bonds. The van der Waals surface area contributed by atoms with Crippen LogP contribution in [0.2, 0.25) is 15.1 Å². The Kier molecular flexibility index (Phi) is 5.61. The van der Waals surface area contributed by atoms with Crippen molar-refractivity contribution in [2.24, 2.45) is 0 Å². The van der Waals surface area contributed by atoms with Crippen molar-refractivity contribution in [1.82, 2.24) is 5.06 Å². The number of hydroxylamine groups is 2. The van der Waals surface area contributed by atoms with Crippen molar-refractivity contribution in [3.05, 3.63) is 26.7 Å². The Morgan fingerprint density at radius 2 is 1.89 bits per heavy atom. The van der Waals surface area contributed by atoms with Crippen LogP contribution in [-0.4, -0.2) is 31.7 Å². The number of amides is 1. The lowest BCUT2D eigenvalue weighted by atomic mass is 10.2. The molecule has 4 nitrogen and oxygen atoms in total. The van der Waals surface area contributed by atoms with E-state index in [0.717, 1.165) is 11.1 Å². The van der Waals surface area contributed by atoms with Crippen molar-refractivity contribution in [2.45, 2.75) is 6.61 Å². The highest BCUT2D eigenvalue weighted by Gasteiger charge is 2.27. The van der Waals surface area contributed by atoms with Gasteiger partial charge >= 0.3 is 6.61 Å². The maximum Gasteiger partial charge on any atom is 0.387 e. The summed E-state index contributed by atoms with van der Waals surface area (Å²) in [4.78, 5) is 16.6. The lowest BCUT2D eigenvalue weighted by Gasteiger charge is -2.18. The molecule has 106 valence electrons. The van der Waals surface area contributed by atoms with Crippen LogP contribution in [0, 0.1) is 0 Å². The van der Waals surface area contributed by atoms with E-state index in [-0.39, 0.29) is 15.1 Å². The molecule has 1 rings (SSSR count). The van der Waals surface area contributed by atoms with Crippen molar-refractivity contribution in [2.75, 3.05) is 14.2 Å². The van der Waals surface area contributed by atoms with E-state index in [0.29, 0.717) is 0 Å². The smallest absolute Gasteiger partial charge is 0.387 e. The maximum atomic E-state index is 12.3. The third kappa shape index (κ3) is 3.60. The minimum Gasteiger partial charge on any atom is -0.432 e. The van der Waals surface area contributed by atoms with Gasteiger partial charge in [0.05, 0.1) is 22.2 Å². The monoisotopic (exact) mass is 333 g/mol. The van der Waals surface area contributed by atoms with Gasteiger partial charge in [-0.05, 0) is 6.07 Å². The number of benzene rings is 1. The molecule has 0 saturated heterocycles. The number of carbonyl (C=O) groups is 1. The van der Waals surface area contributed by atoms with Gasteiger partial charge in [-0.1, -0.05) is 34.8 Å². The lowest BCUT2D eigenvalue weighted by Crippen LogP contribution is -2.26. The molecule has 0 radical (unpaired) electrons. The molecule has 0 aromatic heterocycles. The summed E-state index contributed by atoms with van der Waals surface area (Å²) >= 11 is 17.3. The molecule has 0 atom stereocenters. The molecule has 0 saturated carbocycles. The first-order valence-corrected chi connectivity index (χ1v) is 5.87. The van der Waals surface area contributed by atoms with Gasteiger partial charge < -0.3 is 4.74 Å². The quantitative estimate of drug-likeness (QED) is 0.619. The van der Waals surface area contributed by atoms with E-state index >= 15 is 0 Å². The summed E-state index contributed by atoms with van der Waals surface area (Å²) in [5, 5.41) is 0.186. The van der Waals surface area contributed by atoms with Crippen molar-refractivity contribution < 1.29 is 23.1 Å². The van der Waals surface area contributed by atoms with Gasteiger partial charge in [0, 0.05) is 7.05 Å². The van der Waals surface area contributed by atoms with Gasteiger partial charge in [-0.2, -0.15) is 8.78 Å². The van der Waals surface area contributed by atoms with Crippen molar-refractivity contribution in [3.8, 4) is 5.75 Å². The van der Waals surface area contributed by atoms with Crippen molar-refractivity contribution in [1.29, 1.82) is 0 Å². The minimum atomic E-state index is -3.17. The fourth-order valence-electron chi connectivity index (χ4n) is 1.21. The molecule has 0 aliphatic rings. The first-order valence-electron chi connectivity index (χ1n) is 4.74. The second kappa shape index (κ2) is 6.56. The van der Waals surface area contributed by atoms with Gasteiger partial charge in [-0.3, -0.25) is 9.63 Å². The Morgan fingerprint density at radius 3 is 2.37 bits per heavy atom. The van der Waals surface area contributed by atoms with Gasteiger partial charge in [0.1, 0.15) is 5.56 Å². The Hall–Kier alpha value is -0.820. The van der Waals surface area contributed by atoms with E-state index in [4.69, 9.17) is 34.8 Å². The highest BCUT2D eigenvalue weighted by Crippen LogP contribution is 2.40. The predicted octanol–water partition coefficient (Wildman–Crippen LogP) is 3.88. The summed E-state index contributed by atoms with van der Waals surface area (Å²) in [7, 11) is 2.48. The van der Waals surface area contributed by atoms with Gasteiger partial charge in [0.25, 0.3) is 5.91 Å². The van der Waals surface area contributed by atoms with Gasteiger partial charge in [0.15, 0.2) is 5.75 Å². The summed E-state index contributed by atoms with van der Waals surface area (Å²) in [5.74, 6) is -1.38. The van der Waals surface area contributed by atoms with Crippen LogP contribution in [0.15, 0.2) is 6.07 Å². The molecule has 0 spiro atoms. The number of ether oxygens (including phenoxy) is 1. The number of nitrogens with zero attached hydrogens (tertiary/aromatic N) is 1. The van der Waals surface area contributed by atoms with E-state index in [1.54, 1.807) is 0 Å². The highest BCUT2D eigenvalue weighted by molar-refractivity contribution is 6.45. The summed E-state index contributed by atoms with van der Waals surface area (Å²) in [6.07, 6.45) is 0. The third-order valence-corrected chi connectivity index (χ3v) is 3.18. The van der Waals surface area contributed by atoms with Crippen LogP contribution in [-0.2, 0) is 4.84 Å². The zero-order chi connectivity index (χ0) is 14.7. The van der Waals surface area contributed by atoms with Gasteiger partial charge in [0.2, 0.25) is 0 Å². The summed E-state index contributed by atoms with van der Waals surface area (Å²) in [6.45, 7) is -3.17. The van der Waals surface area contributed by atoms with E-state index in [2.05, 4.69) is 9.57 Å². The molecule has 0 heterocycles. The van der Waals surface area contributed by atoms with Crippen molar-refractivity contribution >= 4 is 40.7 Å². The summed E-state index contributed by atoms with van der Waals surface area (Å²) in [6, 6.07) is 1.10. The molecule has 1 aromatic rings. The predicted molar refractivity (Wildman–Crippen MR) is 67.2 cm³/mol. The first kappa shape index (κ1) is 16.2. The molecule has 0 aliphatic heterocycles. The molecule has 9 heteroatoms. The number of carbonyl (C=O) groups excluding carboxylic acids is 1. The van der Waals surface area contributed by atoms with E-state index < -0.39 is 23.8 Å². The van der Waals surface area contributed by atoms with E-state index in [1.807, 2.05) is 0 Å². The maximum absolute atomic E-state index is 12.3. The minimum absolute atomic E-state index is 0.0684. The fourth-order valence-corrected chi connectivity index (χ4v) is 1.94. The Bertz CT molecular complexity index is 499. The SMILES string of the molecule is CON(C)C(=O)c1c(Cl)c(Cl)cc(Cl)c1OC(F)F. The normalized spacial score (nSPS) is 10.7. The Morgan fingerprint density at radius 1 is 1.32 bits per heavy atom. The number of rotatable bonds is 4. The first-order chi connectivity index (χ1) is 8.79. The fraction of sp³-hybridized carbons (Fsp3) is 0.300. The largest absolute Gasteiger partial charge is 0.432 e. The topological polar surface area (TPSA) is 38.8 Å². The third-order valence-electron chi connectivity index (χ3n) is 2.11. The molecular formula is C10H8Cl3F2NO3. The van der Waals surface area contributed by atoms with Crippen molar-refractivity contribution in [3.63, 3.8) is 0 Å². The van der Waals surface area contributed by atoms with Crippen LogP contribution >= 0.6 is 34.8 Å². The highest BCUT2D eigenvalue weighted by atomic mass is 35.5. The molecule has 0 N–H and O–H groups in total. The zero-order valence-corrected chi connectivity index (χ0v) is 12.0. The van der Waals surface area contributed by atoms with Crippen LogP contribution in [0.3, 0.4) is 0 Å². The summed E-state index contributed by atoms with van der Waals surface area (Å²) < 4.78 is 28.9. The molecule has 0 unspecified atom stereocenters. The van der Waals surface area contributed by atoms with Crippen LogP contribution in [0.4, 0.5) is 8.78 Å². The summed E-state index contributed by atoms with van der Waals surface area (Å²) in [5.41, 5.74) is -0.399. The number of hydrogen-bond donors (Lipinski definition) is 0. The van der Waals surface area contributed by atoms with E-state index in [1.165, 1.54) is 14.2 Å². The van der Waals surface area contributed by atoms with Crippen LogP contribution in [0.1, 0.15) is 10.4 Å². The van der Waals surface area contributed by atoms with Gasteiger partial charge in [-0.25, -0.2) is 5.06 Å². The molecule has 1 aromatic carbocycles. The second-order valence-electron chi connectivity index (χ2n) is 3.22. The van der Waals surface area contributed by atoms with Gasteiger partial charge in [-0.15, -0.1) is 0 Å². The zero-order valence-electron chi connectivity index (χ0n) is 9.72. The molecule has 0 bridgehead atoms. The number of hydrogen-bond acceptors (Lipinski definition) is 3. The molecular weight excluding hydrogens is 326 g/mol.